The van der Waals surface area contributed by atoms with Crippen LogP contribution in [0.1, 0.15) is 52.4 Å². The first-order chi connectivity index (χ1) is 8.99. The lowest BCUT2D eigenvalue weighted by atomic mass is 10.1. The van der Waals surface area contributed by atoms with E-state index in [1.807, 2.05) is 0 Å². The second-order valence-electron chi connectivity index (χ2n) is 5.42. The number of rotatable bonds is 7. The van der Waals surface area contributed by atoms with Crippen molar-refractivity contribution in [1.82, 2.24) is 9.97 Å². The zero-order valence-electron chi connectivity index (χ0n) is 13.2. The van der Waals surface area contributed by atoms with Crippen LogP contribution < -0.4 is 10.6 Å². The maximum atomic E-state index is 4.62. The summed E-state index contributed by atoms with van der Waals surface area (Å²) in [6.07, 6.45) is 1.95. The van der Waals surface area contributed by atoms with Gasteiger partial charge in [0.05, 0.1) is 0 Å². The number of anilines is 2. The first kappa shape index (κ1) is 15.7. The Labute approximate surface area is 117 Å². The van der Waals surface area contributed by atoms with Crippen LogP contribution >= 0.6 is 0 Å². The maximum absolute atomic E-state index is 4.62. The summed E-state index contributed by atoms with van der Waals surface area (Å²) >= 11 is 0. The molecule has 0 radical (unpaired) electrons. The van der Waals surface area contributed by atoms with E-state index in [2.05, 4.69) is 62.1 Å². The molecule has 0 aromatic carbocycles. The Morgan fingerprint density at radius 1 is 1.05 bits per heavy atom. The van der Waals surface area contributed by atoms with E-state index in [4.69, 9.17) is 0 Å². The SMILES string of the molecule is CCCNc1nc(CC)nc(NC(C)C(C)C)c1C. The second-order valence-corrected chi connectivity index (χ2v) is 5.42. The van der Waals surface area contributed by atoms with Crippen LogP contribution in [-0.4, -0.2) is 22.6 Å². The molecule has 19 heavy (non-hydrogen) atoms. The van der Waals surface area contributed by atoms with Crippen LogP contribution in [0.5, 0.6) is 0 Å². The molecule has 1 aromatic heterocycles. The zero-order valence-corrected chi connectivity index (χ0v) is 13.2. The normalized spacial score (nSPS) is 12.6. The molecule has 1 rings (SSSR count). The summed E-state index contributed by atoms with van der Waals surface area (Å²) < 4.78 is 0. The van der Waals surface area contributed by atoms with Crippen LogP contribution in [0.3, 0.4) is 0 Å². The van der Waals surface area contributed by atoms with E-state index < -0.39 is 0 Å². The van der Waals surface area contributed by atoms with E-state index in [0.29, 0.717) is 12.0 Å². The van der Waals surface area contributed by atoms with E-state index in [1.165, 1.54) is 0 Å². The highest BCUT2D eigenvalue weighted by molar-refractivity contribution is 5.57. The predicted molar refractivity (Wildman–Crippen MR) is 82.9 cm³/mol. The monoisotopic (exact) mass is 264 g/mol. The summed E-state index contributed by atoms with van der Waals surface area (Å²) in [5.74, 6) is 3.40. The molecule has 4 heteroatoms. The average molecular weight is 264 g/mol. The lowest BCUT2D eigenvalue weighted by Crippen LogP contribution is -2.23. The topological polar surface area (TPSA) is 49.8 Å². The van der Waals surface area contributed by atoms with Gasteiger partial charge in [-0.15, -0.1) is 0 Å². The number of nitrogens with zero attached hydrogens (tertiary/aromatic N) is 2. The van der Waals surface area contributed by atoms with Crippen molar-refractivity contribution in [2.75, 3.05) is 17.2 Å². The molecule has 0 aliphatic carbocycles. The standard InChI is InChI=1S/C15H28N4/c1-7-9-16-14-11(5)15(17-12(6)10(3)4)19-13(8-2)18-14/h10,12H,7-9H2,1-6H3,(H2,16,17,18,19). The van der Waals surface area contributed by atoms with Gasteiger partial charge >= 0.3 is 0 Å². The van der Waals surface area contributed by atoms with Crippen LogP contribution in [0.25, 0.3) is 0 Å². The Morgan fingerprint density at radius 3 is 2.21 bits per heavy atom. The third kappa shape index (κ3) is 4.37. The van der Waals surface area contributed by atoms with E-state index >= 15 is 0 Å². The minimum Gasteiger partial charge on any atom is -0.370 e. The van der Waals surface area contributed by atoms with Crippen molar-refractivity contribution in [3.05, 3.63) is 11.4 Å². The van der Waals surface area contributed by atoms with Gasteiger partial charge in [-0.3, -0.25) is 0 Å². The Bertz CT molecular complexity index is 401. The molecule has 1 unspecified atom stereocenters. The number of aryl methyl sites for hydroxylation is 1. The summed E-state index contributed by atoms with van der Waals surface area (Å²) in [7, 11) is 0. The number of aromatic nitrogens is 2. The fourth-order valence-corrected chi connectivity index (χ4v) is 1.66. The third-order valence-corrected chi connectivity index (χ3v) is 3.42. The molecule has 108 valence electrons. The molecule has 0 saturated carbocycles. The molecule has 0 amide bonds. The maximum Gasteiger partial charge on any atom is 0.134 e. The molecule has 1 heterocycles. The smallest absolute Gasteiger partial charge is 0.134 e. The highest BCUT2D eigenvalue weighted by atomic mass is 15.1. The molecule has 2 N–H and O–H groups in total. The fourth-order valence-electron chi connectivity index (χ4n) is 1.66. The van der Waals surface area contributed by atoms with Crippen LogP contribution in [0, 0.1) is 12.8 Å². The van der Waals surface area contributed by atoms with Gasteiger partial charge < -0.3 is 10.6 Å². The van der Waals surface area contributed by atoms with Crippen molar-refractivity contribution in [2.45, 2.75) is 60.4 Å². The molecule has 0 fully saturated rings. The summed E-state index contributed by atoms with van der Waals surface area (Å²) in [5.41, 5.74) is 1.11. The van der Waals surface area contributed by atoms with Crippen molar-refractivity contribution in [3.8, 4) is 0 Å². The Hall–Kier alpha value is -1.32. The van der Waals surface area contributed by atoms with Gasteiger partial charge in [0.1, 0.15) is 17.5 Å². The number of nitrogens with one attached hydrogen (secondary N) is 2. The van der Waals surface area contributed by atoms with Crippen molar-refractivity contribution >= 4 is 11.6 Å². The van der Waals surface area contributed by atoms with E-state index in [9.17, 15) is 0 Å². The Kier molecular flexibility index (Phi) is 6.06. The average Bonchev–Trinajstić information content (AvgIpc) is 2.39. The number of hydrogen-bond donors (Lipinski definition) is 2. The molecule has 0 saturated heterocycles. The third-order valence-electron chi connectivity index (χ3n) is 3.42. The molecule has 0 aliphatic heterocycles. The summed E-state index contributed by atoms with van der Waals surface area (Å²) in [6, 6.07) is 0.400. The van der Waals surface area contributed by atoms with Crippen LogP contribution in [0.15, 0.2) is 0 Å². The number of hydrogen-bond acceptors (Lipinski definition) is 4. The van der Waals surface area contributed by atoms with Gasteiger partial charge in [-0.1, -0.05) is 27.7 Å². The van der Waals surface area contributed by atoms with Gasteiger partial charge in [-0.2, -0.15) is 0 Å². The van der Waals surface area contributed by atoms with Crippen molar-refractivity contribution < 1.29 is 0 Å². The summed E-state index contributed by atoms with van der Waals surface area (Å²) in [4.78, 5) is 9.20. The molecule has 4 nitrogen and oxygen atoms in total. The van der Waals surface area contributed by atoms with Gasteiger partial charge in [0, 0.05) is 24.6 Å². The zero-order chi connectivity index (χ0) is 14.4. The van der Waals surface area contributed by atoms with Crippen LogP contribution in [0.2, 0.25) is 0 Å². The van der Waals surface area contributed by atoms with Crippen molar-refractivity contribution in [2.24, 2.45) is 5.92 Å². The fraction of sp³-hybridized carbons (Fsp3) is 0.733. The van der Waals surface area contributed by atoms with Gasteiger partial charge in [-0.25, -0.2) is 9.97 Å². The second kappa shape index (κ2) is 7.31. The molecule has 0 spiro atoms. The first-order valence-corrected chi connectivity index (χ1v) is 7.37. The van der Waals surface area contributed by atoms with Crippen LogP contribution in [0.4, 0.5) is 11.6 Å². The predicted octanol–water partition coefficient (Wildman–Crippen LogP) is 3.63. The van der Waals surface area contributed by atoms with E-state index in [0.717, 1.165) is 42.4 Å². The van der Waals surface area contributed by atoms with Crippen molar-refractivity contribution in [1.29, 1.82) is 0 Å². The summed E-state index contributed by atoms with van der Waals surface area (Å²) in [6.45, 7) is 13.9. The van der Waals surface area contributed by atoms with E-state index in [-0.39, 0.29) is 0 Å². The molecule has 0 aliphatic rings. The highest BCUT2D eigenvalue weighted by Gasteiger charge is 2.13. The van der Waals surface area contributed by atoms with Gasteiger partial charge in [-0.05, 0) is 26.2 Å². The molecule has 1 aromatic rings. The Morgan fingerprint density at radius 2 is 1.68 bits per heavy atom. The molecular weight excluding hydrogens is 236 g/mol. The lowest BCUT2D eigenvalue weighted by Gasteiger charge is -2.21. The molecule has 1 atom stereocenters. The first-order valence-electron chi connectivity index (χ1n) is 7.37. The highest BCUT2D eigenvalue weighted by Crippen LogP contribution is 2.22. The molecule has 0 bridgehead atoms. The van der Waals surface area contributed by atoms with E-state index in [1.54, 1.807) is 0 Å². The minimum atomic E-state index is 0.400. The minimum absolute atomic E-state index is 0.400. The summed E-state index contributed by atoms with van der Waals surface area (Å²) in [5, 5.41) is 6.90. The quantitative estimate of drug-likeness (QED) is 0.789. The van der Waals surface area contributed by atoms with Gasteiger partial charge in [0.15, 0.2) is 0 Å². The molecular formula is C15H28N4. The van der Waals surface area contributed by atoms with Gasteiger partial charge in [0.25, 0.3) is 0 Å². The van der Waals surface area contributed by atoms with Crippen molar-refractivity contribution in [3.63, 3.8) is 0 Å². The van der Waals surface area contributed by atoms with Crippen LogP contribution in [-0.2, 0) is 6.42 Å². The lowest BCUT2D eigenvalue weighted by molar-refractivity contribution is 0.557. The largest absolute Gasteiger partial charge is 0.370 e. The van der Waals surface area contributed by atoms with Gasteiger partial charge in [0.2, 0.25) is 0 Å². The Balaban J connectivity index is 3.01.